The molecule has 0 N–H and O–H groups in total. The van der Waals surface area contributed by atoms with Gasteiger partial charge in [-0.2, -0.15) is 0 Å². The zero-order valence-electron chi connectivity index (χ0n) is 11.0. The Balaban J connectivity index is 1.84. The molecule has 3 rings (SSSR count). The molecule has 2 aliphatic rings. The lowest BCUT2D eigenvalue weighted by Crippen LogP contribution is -2.39. The fourth-order valence-electron chi connectivity index (χ4n) is 2.67. The Bertz CT molecular complexity index is 703. The maximum atomic E-state index is 12.2. The maximum Gasteiger partial charge on any atom is 0.252 e. The molecule has 2 aliphatic heterocycles. The normalized spacial score (nSPS) is 24.9. The Kier molecular flexibility index (Phi) is 3.67. The Morgan fingerprint density at radius 2 is 1.90 bits per heavy atom. The molecule has 112 valence electrons. The summed E-state index contributed by atoms with van der Waals surface area (Å²) in [5.41, 5.74) is 0.651. The summed E-state index contributed by atoms with van der Waals surface area (Å²) in [4.78, 5) is 15.4. The van der Waals surface area contributed by atoms with E-state index < -0.39 is 9.84 Å². The lowest BCUT2D eigenvalue weighted by Gasteiger charge is -2.25. The first-order valence-electron chi connectivity index (χ1n) is 6.47. The van der Waals surface area contributed by atoms with E-state index in [4.69, 9.17) is 23.8 Å². The minimum Gasteiger partial charge on any atom is -0.335 e. The van der Waals surface area contributed by atoms with Crippen molar-refractivity contribution >= 4 is 50.4 Å². The minimum atomic E-state index is -3.01. The lowest BCUT2D eigenvalue weighted by atomic mass is 10.2. The second-order valence-corrected chi connectivity index (χ2v) is 8.20. The summed E-state index contributed by atoms with van der Waals surface area (Å²) >= 11 is 11.2. The Hall–Kier alpha value is -1.18. The zero-order chi connectivity index (χ0) is 15.2. The first-order chi connectivity index (χ1) is 9.87. The summed E-state index contributed by atoms with van der Waals surface area (Å²) < 4.78 is 23.2. The molecule has 0 spiro atoms. The Labute approximate surface area is 133 Å². The van der Waals surface area contributed by atoms with Gasteiger partial charge in [0, 0.05) is 11.1 Å². The van der Waals surface area contributed by atoms with Gasteiger partial charge < -0.3 is 4.90 Å². The first-order valence-corrected chi connectivity index (χ1v) is 9.08. The largest absolute Gasteiger partial charge is 0.335 e. The molecule has 21 heavy (non-hydrogen) atoms. The van der Waals surface area contributed by atoms with E-state index in [1.165, 1.54) is 4.90 Å². The van der Waals surface area contributed by atoms with Crippen molar-refractivity contribution in [3.8, 4) is 0 Å². The van der Waals surface area contributed by atoms with Crippen LogP contribution in [0.15, 0.2) is 24.3 Å². The smallest absolute Gasteiger partial charge is 0.252 e. The van der Waals surface area contributed by atoms with Crippen molar-refractivity contribution in [2.75, 3.05) is 23.0 Å². The van der Waals surface area contributed by atoms with Gasteiger partial charge in [-0.25, -0.2) is 8.42 Å². The van der Waals surface area contributed by atoms with Gasteiger partial charge in [0.25, 0.3) is 5.91 Å². The number of sulfone groups is 1. The van der Waals surface area contributed by atoms with Crippen LogP contribution in [0.1, 0.15) is 6.42 Å². The molecule has 0 bridgehead atoms. The van der Waals surface area contributed by atoms with Gasteiger partial charge in [-0.15, -0.1) is 0 Å². The van der Waals surface area contributed by atoms with Crippen LogP contribution in [0.4, 0.5) is 5.69 Å². The van der Waals surface area contributed by atoms with E-state index in [2.05, 4.69) is 0 Å². The number of anilines is 1. The van der Waals surface area contributed by atoms with Crippen molar-refractivity contribution in [2.24, 2.45) is 0 Å². The van der Waals surface area contributed by atoms with Crippen molar-refractivity contribution in [3.63, 3.8) is 0 Å². The molecule has 1 aromatic carbocycles. The molecular weight excluding hydrogens is 332 g/mol. The van der Waals surface area contributed by atoms with Crippen LogP contribution in [0.25, 0.3) is 0 Å². The third-order valence-electron chi connectivity index (χ3n) is 3.73. The zero-order valence-corrected chi connectivity index (χ0v) is 13.4. The average molecular weight is 345 g/mol. The SMILES string of the molecule is O=C1CN([C@H]2CCS(=O)(=O)C2)C(=S)N1c1ccc(Cl)cc1. The minimum absolute atomic E-state index is 0.0644. The van der Waals surface area contributed by atoms with Crippen LogP contribution in [0.3, 0.4) is 0 Å². The summed E-state index contributed by atoms with van der Waals surface area (Å²) in [5.74, 6) is 0.0764. The quantitative estimate of drug-likeness (QED) is 0.760. The predicted octanol–water partition coefficient (Wildman–Crippen LogP) is 1.46. The Morgan fingerprint density at radius 1 is 1.24 bits per heavy atom. The van der Waals surface area contributed by atoms with E-state index >= 15 is 0 Å². The number of amides is 1. The molecule has 0 unspecified atom stereocenters. The van der Waals surface area contributed by atoms with Gasteiger partial charge in [0.05, 0.1) is 17.2 Å². The molecule has 2 heterocycles. The number of thiocarbonyl (C=S) groups is 1. The van der Waals surface area contributed by atoms with Crippen LogP contribution in [-0.4, -0.2) is 48.4 Å². The molecule has 1 aromatic rings. The molecule has 8 heteroatoms. The fourth-order valence-corrected chi connectivity index (χ4v) is 4.95. The highest BCUT2D eigenvalue weighted by Gasteiger charge is 2.41. The van der Waals surface area contributed by atoms with Crippen molar-refractivity contribution in [1.29, 1.82) is 0 Å². The number of rotatable bonds is 2. The first kappa shape index (κ1) is 14.7. The van der Waals surface area contributed by atoms with E-state index in [0.717, 1.165) is 0 Å². The highest BCUT2D eigenvalue weighted by atomic mass is 35.5. The molecule has 0 saturated carbocycles. The molecule has 1 amide bonds. The number of hydrogen-bond acceptors (Lipinski definition) is 4. The van der Waals surface area contributed by atoms with Crippen molar-refractivity contribution in [3.05, 3.63) is 29.3 Å². The van der Waals surface area contributed by atoms with Crippen LogP contribution < -0.4 is 4.90 Å². The number of nitrogens with zero attached hydrogens (tertiary/aromatic N) is 2. The molecule has 0 aromatic heterocycles. The Morgan fingerprint density at radius 3 is 2.48 bits per heavy atom. The van der Waals surface area contributed by atoms with E-state index in [-0.39, 0.29) is 30.0 Å². The lowest BCUT2D eigenvalue weighted by molar-refractivity contribution is -0.116. The van der Waals surface area contributed by atoms with Gasteiger partial charge in [-0.3, -0.25) is 9.69 Å². The third-order valence-corrected chi connectivity index (χ3v) is 6.15. The van der Waals surface area contributed by atoms with Crippen LogP contribution in [0.2, 0.25) is 5.02 Å². The summed E-state index contributed by atoms with van der Waals surface area (Å²) in [5, 5.41) is 0.944. The van der Waals surface area contributed by atoms with Crippen LogP contribution in [0.5, 0.6) is 0 Å². The second-order valence-electron chi connectivity index (χ2n) is 5.17. The molecule has 0 aliphatic carbocycles. The van der Waals surface area contributed by atoms with Gasteiger partial charge in [0.2, 0.25) is 0 Å². The van der Waals surface area contributed by atoms with Crippen molar-refractivity contribution < 1.29 is 13.2 Å². The summed E-state index contributed by atoms with van der Waals surface area (Å²) in [6, 6.07) is 6.62. The summed E-state index contributed by atoms with van der Waals surface area (Å²) in [7, 11) is -3.01. The van der Waals surface area contributed by atoms with Gasteiger partial charge in [-0.05, 0) is 42.9 Å². The molecule has 0 radical (unpaired) electrons. The molecule has 1 atom stereocenters. The van der Waals surface area contributed by atoms with E-state index in [9.17, 15) is 13.2 Å². The standard InChI is InChI=1S/C13H13ClN2O3S2/c14-9-1-3-10(4-2-9)16-12(17)7-15(13(16)20)11-5-6-21(18,19)8-11/h1-4,11H,5-8H2/t11-/m0/s1. The topological polar surface area (TPSA) is 57.7 Å². The van der Waals surface area contributed by atoms with Crippen LogP contribution in [0, 0.1) is 0 Å². The highest BCUT2D eigenvalue weighted by Crippen LogP contribution is 2.27. The van der Waals surface area contributed by atoms with Crippen LogP contribution in [-0.2, 0) is 14.6 Å². The number of halogens is 1. The average Bonchev–Trinajstić information content (AvgIpc) is 2.91. The number of carbonyl (C=O) groups is 1. The van der Waals surface area contributed by atoms with E-state index in [0.29, 0.717) is 22.2 Å². The monoisotopic (exact) mass is 344 g/mol. The summed E-state index contributed by atoms with van der Waals surface area (Å²) in [6.45, 7) is 0.127. The van der Waals surface area contributed by atoms with Gasteiger partial charge in [0.1, 0.15) is 6.54 Å². The van der Waals surface area contributed by atoms with Gasteiger partial charge in [-0.1, -0.05) is 11.6 Å². The van der Waals surface area contributed by atoms with Crippen LogP contribution >= 0.6 is 23.8 Å². The molecule has 2 saturated heterocycles. The van der Waals surface area contributed by atoms with Gasteiger partial charge >= 0.3 is 0 Å². The predicted molar refractivity (Wildman–Crippen MR) is 85.3 cm³/mol. The van der Waals surface area contributed by atoms with E-state index in [1.54, 1.807) is 29.2 Å². The maximum absolute atomic E-state index is 12.2. The number of hydrogen-bond donors (Lipinski definition) is 0. The van der Waals surface area contributed by atoms with Crippen molar-refractivity contribution in [2.45, 2.75) is 12.5 Å². The number of benzene rings is 1. The summed E-state index contributed by atoms with van der Waals surface area (Å²) in [6.07, 6.45) is 0.518. The molecular formula is C13H13ClN2O3S2. The number of carbonyl (C=O) groups excluding carboxylic acids is 1. The highest BCUT2D eigenvalue weighted by molar-refractivity contribution is 7.91. The fraction of sp³-hybridized carbons (Fsp3) is 0.385. The second kappa shape index (κ2) is 5.23. The third kappa shape index (κ3) is 2.77. The van der Waals surface area contributed by atoms with E-state index in [1.807, 2.05) is 0 Å². The molecule has 5 nitrogen and oxygen atoms in total. The van der Waals surface area contributed by atoms with Crippen molar-refractivity contribution in [1.82, 2.24) is 4.90 Å². The van der Waals surface area contributed by atoms with Gasteiger partial charge in [0.15, 0.2) is 14.9 Å². The molecule has 2 fully saturated rings.